The minimum atomic E-state index is 0. The first-order valence-electron chi connectivity index (χ1n) is 16.2. The van der Waals surface area contributed by atoms with Gasteiger partial charge >= 0.3 is 0 Å². The second-order valence-corrected chi connectivity index (χ2v) is 14.0. The van der Waals surface area contributed by atoms with Crippen LogP contribution in [0.2, 0.25) is 0 Å². The summed E-state index contributed by atoms with van der Waals surface area (Å²) in [4.78, 5) is 0. The average molecular weight is 553 g/mol. The van der Waals surface area contributed by atoms with Crippen LogP contribution in [0.1, 0.15) is 182 Å². The summed E-state index contributed by atoms with van der Waals surface area (Å²) in [6, 6.07) is 0. The van der Waals surface area contributed by atoms with Gasteiger partial charge in [-0.3, -0.25) is 0 Å². The van der Waals surface area contributed by atoms with Crippen LogP contribution < -0.4 is 0 Å². The van der Waals surface area contributed by atoms with Crippen molar-refractivity contribution in [1.29, 1.82) is 0 Å². The Bertz CT molecular complexity index is 284. The highest BCUT2D eigenvalue weighted by Gasteiger charge is 2.07. The van der Waals surface area contributed by atoms with Crippen molar-refractivity contribution in [2.45, 2.75) is 182 Å². The fraction of sp³-hybridized carbons (Fsp3) is 1.00. The molecule has 0 N–H and O–H groups in total. The van der Waals surface area contributed by atoms with Crippen molar-refractivity contribution in [2.24, 2.45) is 0 Å². The number of unbranched alkanes of at least 4 members (excludes halogenated alkanes) is 20. The largest absolute Gasteiger partial charge is 0.147 e. The Morgan fingerprint density at radius 3 is 0.829 bits per heavy atom. The van der Waals surface area contributed by atoms with Crippen LogP contribution in [0.4, 0.5) is 0 Å². The van der Waals surface area contributed by atoms with Gasteiger partial charge in [0.15, 0.2) is 0 Å². The molecule has 0 aliphatic carbocycles. The van der Waals surface area contributed by atoms with Gasteiger partial charge in [0.1, 0.15) is 0 Å². The van der Waals surface area contributed by atoms with E-state index in [0.717, 1.165) is 0 Å². The highest BCUT2D eigenvalue weighted by Crippen LogP contribution is 2.39. The van der Waals surface area contributed by atoms with Crippen molar-refractivity contribution >= 4 is 29.6 Å². The molecule has 3 heteroatoms. The molecule has 0 radical (unpaired) electrons. The van der Waals surface area contributed by atoms with Gasteiger partial charge in [0.2, 0.25) is 0 Å². The maximum atomic E-state index is 2.81. The Balaban J connectivity index is -0.000000584. The van der Waals surface area contributed by atoms with E-state index in [0.29, 0.717) is 7.92 Å². The normalized spacial score (nSPS) is 10.8. The Labute approximate surface area is 235 Å². The molecular formula is C32H71ClP2. The predicted octanol–water partition coefficient (Wildman–Crippen LogP) is 13.2. The van der Waals surface area contributed by atoms with Gasteiger partial charge in [-0.05, 0) is 50.3 Å². The summed E-state index contributed by atoms with van der Waals surface area (Å²) in [5.41, 5.74) is 0. The molecule has 0 aromatic carbocycles. The van der Waals surface area contributed by atoms with Crippen molar-refractivity contribution in [3.63, 3.8) is 0 Å². The second kappa shape index (κ2) is 39.7. The molecule has 0 nitrogen and oxygen atoms in total. The van der Waals surface area contributed by atoms with Crippen LogP contribution in [0.5, 0.6) is 0 Å². The molecule has 0 aromatic rings. The van der Waals surface area contributed by atoms with Crippen molar-refractivity contribution in [3.05, 3.63) is 0 Å². The standard InChI is InChI=1S/C18H39P.C14H31P.ClH/c1-4-7-10-13-16-19(17-14-11-8-5-2)18-15-12-9-6-3;1-2-3-4-5-6-7-8-9-10-11-12-13-14-15;/h4-18H2,1-3H3;2-15H2,1H3;1H. The second-order valence-electron chi connectivity index (χ2n) is 10.7. The molecule has 0 saturated heterocycles. The average Bonchev–Trinajstić information content (AvgIpc) is 2.85. The zero-order valence-corrected chi connectivity index (χ0v) is 28.1. The van der Waals surface area contributed by atoms with Gasteiger partial charge in [0.25, 0.3) is 0 Å². The summed E-state index contributed by atoms with van der Waals surface area (Å²) in [5.74, 6) is 0. The molecule has 0 fully saturated rings. The fourth-order valence-electron chi connectivity index (χ4n) is 4.61. The van der Waals surface area contributed by atoms with Crippen molar-refractivity contribution in [1.82, 2.24) is 0 Å². The van der Waals surface area contributed by atoms with E-state index in [-0.39, 0.29) is 12.4 Å². The smallest absolute Gasteiger partial charge is 0.0326 e. The summed E-state index contributed by atoms with van der Waals surface area (Å²) in [7, 11) is 3.20. The van der Waals surface area contributed by atoms with E-state index >= 15 is 0 Å². The van der Waals surface area contributed by atoms with Crippen LogP contribution in [0.25, 0.3) is 0 Å². The van der Waals surface area contributed by atoms with Crippen LogP contribution in [-0.4, -0.2) is 24.6 Å². The van der Waals surface area contributed by atoms with E-state index in [1.165, 1.54) is 160 Å². The zero-order chi connectivity index (χ0) is 25.4. The van der Waals surface area contributed by atoms with Crippen LogP contribution in [-0.2, 0) is 0 Å². The highest BCUT2D eigenvalue weighted by molar-refractivity contribution is 7.57. The molecule has 0 aliphatic heterocycles. The first-order chi connectivity index (χ1) is 16.8. The summed E-state index contributed by atoms with van der Waals surface area (Å²) in [6.07, 6.45) is 41.0. The van der Waals surface area contributed by atoms with Crippen LogP contribution in [0.3, 0.4) is 0 Å². The molecule has 0 rings (SSSR count). The van der Waals surface area contributed by atoms with Gasteiger partial charge in [0.05, 0.1) is 0 Å². The van der Waals surface area contributed by atoms with Gasteiger partial charge in [-0.1, -0.05) is 156 Å². The van der Waals surface area contributed by atoms with Crippen molar-refractivity contribution in [3.8, 4) is 0 Å². The van der Waals surface area contributed by atoms with Gasteiger partial charge in [0, 0.05) is 0 Å². The van der Waals surface area contributed by atoms with Crippen LogP contribution in [0, 0.1) is 0 Å². The molecule has 0 bridgehead atoms. The quantitative estimate of drug-likeness (QED) is 0.0701. The lowest BCUT2D eigenvalue weighted by Gasteiger charge is -2.17. The van der Waals surface area contributed by atoms with E-state index in [1.807, 2.05) is 0 Å². The Hall–Kier alpha value is 1.15. The predicted molar refractivity (Wildman–Crippen MR) is 177 cm³/mol. The van der Waals surface area contributed by atoms with Gasteiger partial charge in [-0.2, -0.15) is 0 Å². The van der Waals surface area contributed by atoms with E-state index in [4.69, 9.17) is 0 Å². The van der Waals surface area contributed by atoms with E-state index in [1.54, 1.807) is 18.5 Å². The van der Waals surface area contributed by atoms with Gasteiger partial charge in [-0.25, -0.2) is 0 Å². The first kappa shape index (κ1) is 40.6. The molecule has 1 atom stereocenters. The third kappa shape index (κ3) is 39.8. The first-order valence-corrected chi connectivity index (χ1v) is 18.9. The minimum absolute atomic E-state index is 0. The molecule has 1 unspecified atom stereocenters. The summed E-state index contributed by atoms with van der Waals surface area (Å²) in [6.45, 7) is 9.24. The molecule has 35 heavy (non-hydrogen) atoms. The molecule has 0 amide bonds. The molecule has 0 heterocycles. The summed E-state index contributed by atoms with van der Waals surface area (Å²) >= 11 is 0. The third-order valence-electron chi connectivity index (χ3n) is 7.04. The third-order valence-corrected chi connectivity index (χ3v) is 10.3. The monoisotopic (exact) mass is 552 g/mol. The summed E-state index contributed by atoms with van der Waals surface area (Å²) in [5, 5.41) is 0. The maximum Gasteiger partial charge on any atom is -0.0326 e. The van der Waals surface area contributed by atoms with Gasteiger partial charge < -0.3 is 0 Å². The van der Waals surface area contributed by atoms with E-state index in [2.05, 4.69) is 36.9 Å². The lowest BCUT2D eigenvalue weighted by molar-refractivity contribution is 0.548. The number of halogens is 1. The number of hydrogen-bond acceptors (Lipinski definition) is 0. The fourth-order valence-corrected chi connectivity index (χ4v) is 7.58. The maximum absolute atomic E-state index is 2.81. The van der Waals surface area contributed by atoms with E-state index < -0.39 is 0 Å². The molecular weight excluding hydrogens is 482 g/mol. The topological polar surface area (TPSA) is 0 Å². The van der Waals surface area contributed by atoms with Gasteiger partial charge in [-0.15, -0.1) is 29.6 Å². The SMILES string of the molecule is CCCCCCCCCCCCCCP.CCCCCCP(CCCCCC)CCCCCC.Cl. The Morgan fingerprint density at radius 1 is 0.343 bits per heavy atom. The van der Waals surface area contributed by atoms with Crippen LogP contribution >= 0.6 is 29.6 Å². The van der Waals surface area contributed by atoms with E-state index in [9.17, 15) is 0 Å². The Kier molecular flexibility index (Phi) is 46.1. The molecule has 0 saturated carbocycles. The number of rotatable bonds is 27. The zero-order valence-electron chi connectivity index (χ0n) is 25.2. The number of hydrogen-bond donors (Lipinski definition) is 0. The molecule has 216 valence electrons. The summed E-state index contributed by atoms with van der Waals surface area (Å²) < 4.78 is 0. The van der Waals surface area contributed by atoms with Crippen molar-refractivity contribution in [2.75, 3.05) is 24.6 Å². The van der Waals surface area contributed by atoms with Crippen LogP contribution in [0.15, 0.2) is 0 Å². The Morgan fingerprint density at radius 2 is 0.571 bits per heavy atom. The minimum Gasteiger partial charge on any atom is -0.147 e. The lowest BCUT2D eigenvalue weighted by Crippen LogP contribution is -1.97. The molecule has 0 spiro atoms. The van der Waals surface area contributed by atoms with Crippen molar-refractivity contribution < 1.29 is 0 Å². The molecule has 0 aliphatic rings. The highest BCUT2D eigenvalue weighted by atomic mass is 35.5. The lowest BCUT2D eigenvalue weighted by atomic mass is 10.1. The molecule has 0 aromatic heterocycles.